The Morgan fingerprint density at radius 1 is 0.951 bits per heavy atom. The summed E-state index contributed by atoms with van der Waals surface area (Å²) >= 11 is 6.40. The minimum absolute atomic E-state index is 0.0628. The highest BCUT2D eigenvalue weighted by Gasteiger charge is 2.33. The topological polar surface area (TPSA) is 86.8 Å². The molecule has 3 rings (SSSR count). The van der Waals surface area contributed by atoms with Gasteiger partial charge >= 0.3 is 0 Å². The van der Waals surface area contributed by atoms with E-state index in [0.29, 0.717) is 24.4 Å². The minimum Gasteiger partial charge on any atom is -0.354 e. The van der Waals surface area contributed by atoms with Crippen LogP contribution < -0.4 is 9.62 Å². The number of benzene rings is 3. The lowest BCUT2D eigenvalue weighted by molar-refractivity contribution is -0.139. The van der Waals surface area contributed by atoms with E-state index < -0.39 is 28.5 Å². The molecule has 2 amide bonds. The summed E-state index contributed by atoms with van der Waals surface area (Å²) < 4.78 is 29.0. The fourth-order valence-corrected chi connectivity index (χ4v) is 6.09. The molecule has 0 fully saturated rings. The van der Waals surface area contributed by atoms with Gasteiger partial charge < -0.3 is 10.2 Å². The van der Waals surface area contributed by atoms with Crippen LogP contribution in [0.15, 0.2) is 77.7 Å². The van der Waals surface area contributed by atoms with E-state index in [4.69, 9.17) is 11.6 Å². The lowest BCUT2D eigenvalue weighted by atomic mass is 10.1. The first kappa shape index (κ1) is 32.2. The summed E-state index contributed by atoms with van der Waals surface area (Å²) in [7, 11) is -4.14. The molecular weight excluding hydrogens is 558 g/mol. The zero-order valence-corrected chi connectivity index (χ0v) is 25.8. The van der Waals surface area contributed by atoms with Gasteiger partial charge in [0.2, 0.25) is 11.8 Å². The molecule has 0 bridgehead atoms. The maximum absolute atomic E-state index is 14.1. The van der Waals surface area contributed by atoms with Crippen molar-refractivity contribution < 1.29 is 18.0 Å². The van der Waals surface area contributed by atoms with Crippen LogP contribution in [0.5, 0.6) is 0 Å². The molecule has 0 heterocycles. The van der Waals surface area contributed by atoms with Gasteiger partial charge in [0.25, 0.3) is 10.0 Å². The van der Waals surface area contributed by atoms with Crippen LogP contribution in [0.3, 0.4) is 0 Å². The first-order valence-electron chi connectivity index (χ1n) is 14.0. The monoisotopic (exact) mass is 597 g/mol. The van der Waals surface area contributed by atoms with Crippen molar-refractivity contribution in [3.63, 3.8) is 0 Å². The average molecular weight is 598 g/mol. The molecule has 0 aliphatic carbocycles. The molecule has 41 heavy (non-hydrogen) atoms. The van der Waals surface area contributed by atoms with Crippen LogP contribution in [0.1, 0.15) is 49.8 Å². The molecule has 9 heteroatoms. The molecular formula is C32H40ClN3O4S. The predicted molar refractivity (Wildman–Crippen MR) is 166 cm³/mol. The molecule has 220 valence electrons. The zero-order valence-electron chi connectivity index (χ0n) is 24.3. The Bertz CT molecular complexity index is 1410. The fourth-order valence-electron chi connectivity index (χ4n) is 4.51. The third-order valence-corrected chi connectivity index (χ3v) is 9.23. The number of nitrogens with one attached hydrogen (secondary N) is 1. The van der Waals surface area contributed by atoms with E-state index in [1.165, 1.54) is 17.0 Å². The fraction of sp³-hybridized carbons (Fsp3) is 0.375. The molecule has 0 aliphatic rings. The molecule has 1 atom stereocenters. The van der Waals surface area contributed by atoms with Crippen LogP contribution in [-0.4, -0.2) is 50.8 Å². The molecule has 0 aromatic heterocycles. The van der Waals surface area contributed by atoms with Gasteiger partial charge in [0.1, 0.15) is 12.6 Å². The number of rotatable bonds is 14. The van der Waals surface area contributed by atoms with Gasteiger partial charge in [0.15, 0.2) is 0 Å². The summed E-state index contributed by atoms with van der Waals surface area (Å²) in [6.07, 6.45) is 2.67. The van der Waals surface area contributed by atoms with E-state index in [9.17, 15) is 18.0 Å². The second-order valence-electron chi connectivity index (χ2n) is 10.1. The van der Waals surface area contributed by atoms with E-state index in [1.807, 2.05) is 58.0 Å². The van der Waals surface area contributed by atoms with Crippen LogP contribution in [0.4, 0.5) is 5.69 Å². The Kier molecular flexibility index (Phi) is 11.8. The van der Waals surface area contributed by atoms with E-state index in [0.717, 1.165) is 33.8 Å². The van der Waals surface area contributed by atoms with Crippen LogP contribution in [-0.2, 0) is 26.0 Å². The van der Waals surface area contributed by atoms with Crippen LogP contribution in [0, 0.1) is 13.8 Å². The summed E-state index contributed by atoms with van der Waals surface area (Å²) in [5.41, 5.74) is 2.99. The standard InChI is InChI=1S/C32H40ClN3O4S/c1-5-7-20-34-32(38)30(6-2)35(21-19-26-11-9-8-10-12-26)31(37)23-36(27-16-15-25(4)29(33)22-27)41(39,40)28-17-13-24(3)14-18-28/h8-18,22,30H,5-7,19-21,23H2,1-4H3,(H,34,38)/t30-/m1/s1. The van der Waals surface area contributed by atoms with Gasteiger partial charge in [-0.15, -0.1) is 0 Å². The van der Waals surface area contributed by atoms with Gasteiger partial charge in [0.05, 0.1) is 10.6 Å². The number of carbonyl (C=O) groups is 2. The highest BCUT2D eigenvalue weighted by molar-refractivity contribution is 7.92. The molecule has 0 aliphatic heterocycles. The highest BCUT2D eigenvalue weighted by Crippen LogP contribution is 2.28. The Morgan fingerprint density at radius 3 is 2.24 bits per heavy atom. The molecule has 1 N–H and O–H groups in total. The van der Waals surface area contributed by atoms with Crippen molar-refractivity contribution in [1.29, 1.82) is 0 Å². The quantitative estimate of drug-likeness (QED) is 0.234. The lowest BCUT2D eigenvalue weighted by Crippen LogP contribution is -2.53. The van der Waals surface area contributed by atoms with E-state index in [-0.39, 0.29) is 23.0 Å². The number of sulfonamides is 1. The highest BCUT2D eigenvalue weighted by atomic mass is 35.5. The second kappa shape index (κ2) is 15.0. The number of halogens is 1. The van der Waals surface area contributed by atoms with Gasteiger partial charge in [-0.3, -0.25) is 13.9 Å². The van der Waals surface area contributed by atoms with Gasteiger partial charge in [-0.1, -0.05) is 86.0 Å². The summed E-state index contributed by atoms with van der Waals surface area (Å²) in [6, 6.07) is 20.4. The van der Waals surface area contributed by atoms with Crippen molar-refractivity contribution in [2.24, 2.45) is 0 Å². The van der Waals surface area contributed by atoms with E-state index in [2.05, 4.69) is 5.32 Å². The largest absolute Gasteiger partial charge is 0.354 e. The van der Waals surface area contributed by atoms with Gasteiger partial charge in [-0.25, -0.2) is 8.42 Å². The smallest absolute Gasteiger partial charge is 0.264 e. The predicted octanol–water partition coefficient (Wildman–Crippen LogP) is 5.92. The first-order valence-corrected chi connectivity index (χ1v) is 15.9. The third kappa shape index (κ3) is 8.57. The van der Waals surface area contributed by atoms with Gasteiger partial charge in [-0.05, 0) is 68.5 Å². The number of unbranched alkanes of at least 4 members (excludes halogenated alkanes) is 1. The molecule has 0 saturated carbocycles. The Balaban J connectivity index is 2.01. The van der Waals surface area contributed by atoms with Crippen molar-refractivity contribution in [3.05, 3.63) is 94.5 Å². The Morgan fingerprint density at radius 2 is 1.63 bits per heavy atom. The van der Waals surface area contributed by atoms with Crippen molar-refractivity contribution in [3.8, 4) is 0 Å². The first-order chi connectivity index (χ1) is 19.6. The Hall–Kier alpha value is -3.36. The molecule has 7 nitrogen and oxygen atoms in total. The van der Waals surface area contributed by atoms with Gasteiger partial charge in [-0.2, -0.15) is 0 Å². The van der Waals surface area contributed by atoms with Crippen molar-refractivity contribution >= 4 is 39.1 Å². The third-order valence-electron chi connectivity index (χ3n) is 7.03. The van der Waals surface area contributed by atoms with Crippen molar-refractivity contribution in [2.75, 3.05) is 23.9 Å². The normalized spacial score (nSPS) is 12.0. The summed E-state index contributed by atoms with van der Waals surface area (Å²) in [6.45, 7) is 7.89. The number of anilines is 1. The van der Waals surface area contributed by atoms with Crippen molar-refractivity contribution in [1.82, 2.24) is 10.2 Å². The molecule has 0 saturated heterocycles. The Labute approximate surface area is 249 Å². The van der Waals surface area contributed by atoms with Gasteiger partial charge in [0, 0.05) is 18.1 Å². The molecule has 3 aromatic rings. The molecule has 0 spiro atoms. The number of carbonyl (C=O) groups excluding carboxylic acids is 2. The number of nitrogens with zero attached hydrogens (tertiary/aromatic N) is 2. The van der Waals surface area contributed by atoms with E-state index >= 15 is 0 Å². The van der Waals surface area contributed by atoms with Crippen LogP contribution >= 0.6 is 11.6 Å². The van der Waals surface area contributed by atoms with Crippen LogP contribution in [0.2, 0.25) is 5.02 Å². The number of amides is 2. The molecule has 0 unspecified atom stereocenters. The summed E-state index contributed by atoms with van der Waals surface area (Å²) in [5.74, 6) is -0.709. The van der Waals surface area contributed by atoms with Crippen molar-refractivity contribution in [2.45, 2.75) is 64.3 Å². The number of hydrogen-bond acceptors (Lipinski definition) is 4. The SMILES string of the molecule is CCCCNC(=O)[C@@H](CC)N(CCc1ccccc1)C(=O)CN(c1ccc(C)c(Cl)c1)S(=O)(=O)c1ccc(C)cc1. The maximum atomic E-state index is 14.1. The van der Waals surface area contributed by atoms with Crippen LogP contribution in [0.25, 0.3) is 0 Å². The lowest BCUT2D eigenvalue weighted by Gasteiger charge is -2.33. The summed E-state index contributed by atoms with van der Waals surface area (Å²) in [4.78, 5) is 28.9. The molecule has 3 aromatic carbocycles. The maximum Gasteiger partial charge on any atom is 0.264 e. The summed E-state index contributed by atoms with van der Waals surface area (Å²) in [5, 5.41) is 3.34. The number of hydrogen-bond donors (Lipinski definition) is 1. The average Bonchev–Trinajstić information content (AvgIpc) is 2.96. The zero-order chi connectivity index (χ0) is 30.0. The van der Waals surface area contributed by atoms with E-state index in [1.54, 1.807) is 30.3 Å². The minimum atomic E-state index is -4.14. The number of aryl methyl sites for hydroxylation is 2. The second-order valence-corrected chi connectivity index (χ2v) is 12.4. The molecule has 0 radical (unpaired) electrons.